The lowest BCUT2D eigenvalue weighted by molar-refractivity contribution is -0.321. The van der Waals surface area contributed by atoms with Gasteiger partial charge in [0, 0.05) is 38.0 Å². The molecule has 13 heteroatoms. The first-order valence-electron chi connectivity index (χ1n) is 21.7. The van der Waals surface area contributed by atoms with Gasteiger partial charge >= 0.3 is 5.97 Å². The van der Waals surface area contributed by atoms with E-state index in [1.807, 2.05) is 19.9 Å². The smallest absolute Gasteiger partial charge is 0.335 e. The molecule has 3 spiro atoms. The first kappa shape index (κ1) is 43.3. The van der Waals surface area contributed by atoms with Crippen LogP contribution in [0.1, 0.15) is 125 Å². The van der Waals surface area contributed by atoms with E-state index in [9.17, 15) is 30.3 Å². The van der Waals surface area contributed by atoms with Crippen LogP contribution in [0.5, 0.6) is 0 Å². The fourth-order valence-electron chi connectivity index (χ4n) is 10.5. The van der Waals surface area contributed by atoms with Gasteiger partial charge < -0.3 is 58.7 Å². The Bertz CT molecular complexity index is 1510. The van der Waals surface area contributed by atoms with Gasteiger partial charge in [-0.15, -0.1) is 0 Å². The normalized spacial score (nSPS) is 45.4. The van der Waals surface area contributed by atoms with E-state index in [4.69, 9.17) is 33.2 Å². The zero-order chi connectivity index (χ0) is 40.9. The van der Waals surface area contributed by atoms with Crippen molar-refractivity contribution in [2.45, 2.75) is 209 Å². The number of carboxylic acids is 1. The van der Waals surface area contributed by atoms with Crippen LogP contribution >= 0.6 is 0 Å². The quantitative estimate of drug-likeness (QED) is 0.182. The Kier molecular flexibility index (Phi) is 12.9. The van der Waals surface area contributed by atoms with Crippen LogP contribution in [-0.4, -0.2) is 122 Å². The Morgan fingerprint density at radius 3 is 2.49 bits per heavy atom. The molecule has 5 N–H and O–H groups in total. The summed E-state index contributed by atoms with van der Waals surface area (Å²) in [6.45, 7) is 14.5. The highest BCUT2D eigenvalue weighted by Gasteiger charge is 2.55. The van der Waals surface area contributed by atoms with Gasteiger partial charge in [0.25, 0.3) is 0 Å². The zero-order valence-corrected chi connectivity index (χ0v) is 34.6. The Morgan fingerprint density at radius 1 is 1.00 bits per heavy atom. The molecule has 17 atom stereocenters. The lowest BCUT2D eigenvalue weighted by Crippen LogP contribution is -2.60. The first-order valence-corrected chi connectivity index (χ1v) is 21.7. The second kappa shape index (κ2) is 17.0. The summed E-state index contributed by atoms with van der Waals surface area (Å²) in [5.74, 6) is -3.82. The summed E-state index contributed by atoms with van der Waals surface area (Å²) >= 11 is 0. The van der Waals surface area contributed by atoms with E-state index in [2.05, 4.69) is 26.5 Å². The molecular weight excluding hydrogens is 736 g/mol. The minimum Gasteiger partial charge on any atom is -0.479 e. The van der Waals surface area contributed by atoms with Crippen LogP contribution in [0.4, 0.5) is 0 Å². The van der Waals surface area contributed by atoms with Crippen molar-refractivity contribution >= 4 is 5.97 Å². The van der Waals surface area contributed by atoms with Crippen molar-refractivity contribution in [1.29, 1.82) is 0 Å². The van der Waals surface area contributed by atoms with Gasteiger partial charge in [-0.1, -0.05) is 45.1 Å². The summed E-state index contributed by atoms with van der Waals surface area (Å²) in [7, 11) is 0. The summed E-state index contributed by atoms with van der Waals surface area (Å²) < 4.78 is 45.2. The number of aliphatic hydroxyl groups is 4. The molecular formula is C44H68O13. The monoisotopic (exact) mass is 804 g/mol. The Hall–Kier alpha value is -1.75. The lowest BCUT2D eigenvalue weighted by Gasteiger charge is -2.50. The number of ether oxygens (including phenoxy) is 7. The van der Waals surface area contributed by atoms with Crippen molar-refractivity contribution in [3.05, 3.63) is 36.0 Å². The van der Waals surface area contributed by atoms with Crippen molar-refractivity contribution < 1.29 is 63.5 Å². The van der Waals surface area contributed by atoms with Gasteiger partial charge in [0.05, 0.1) is 43.2 Å². The van der Waals surface area contributed by atoms with E-state index in [-0.39, 0.29) is 36.6 Å². The van der Waals surface area contributed by atoms with Crippen LogP contribution in [0.25, 0.3) is 0 Å². The van der Waals surface area contributed by atoms with Gasteiger partial charge in [-0.2, -0.15) is 0 Å². The van der Waals surface area contributed by atoms with Gasteiger partial charge in [0.15, 0.2) is 17.2 Å². The number of hydrogen-bond donors (Lipinski definition) is 5. The molecule has 0 bridgehead atoms. The molecule has 0 unspecified atom stereocenters. The maximum absolute atomic E-state index is 11.6. The van der Waals surface area contributed by atoms with Crippen LogP contribution < -0.4 is 0 Å². The molecule has 0 saturated carbocycles. The molecule has 7 aliphatic heterocycles. The number of hydrogen-bond acceptors (Lipinski definition) is 12. The average molecular weight is 805 g/mol. The molecule has 7 rings (SSSR count). The van der Waals surface area contributed by atoms with Crippen molar-refractivity contribution in [2.24, 2.45) is 17.8 Å². The van der Waals surface area contributed by atoms with Gasteiger partial charge in [-0.05, 0) is 95.1 Å². The summed E-state index contributed by atoms with van der Waals surface area (Å²) in [6, 6.07) is 0. The lowest BCUT2D eigenvalue weighted by atomic mass is 9.79. The van der Waals surface area contributed by atoms with Crippen LogP contribution in [0.15, 0.2) is 36.0 Å². The summed E-state index contributed by atoms with van der Waals surface area (Å²) in [5, 5.41) is 54.0. The molecule has 7 aliphatic rings. The third-order valence-electron chi connectivity index (χ3n) is 14.0. The fourth-order valence-corrected chi connectivity index (χ4v) is 10.5. The number of carbonyl (C=O) groups is 1. The number of aliphatic carboxylic acids is 1. The standard InChI is InChI=1S/C44H68O13/c1-25-21-34(55-44(23-25)35(46)12-11-31(54-44)24-41(6,50)40(48)49)26(2)9-10-30-14-18-43(53-30)19-15-33-39(57-43)36(47)29(5)38(52-33)32(45)22-28(4)37-27(3)13-17-42(56-37)16-7-8-20-51-42/h9-10,23,26-28,30-39,45-47,50H,5,7-8,11-22,24H2,1-4,6H3,(H,48,49)/b10-9+/t26-,27-,28-,30+,31+,32+,33-,34+,35-,36-,37+,38+,39-,41-,42+,43-,44-/m1/s1. The van der Waals surface area contributed by atoms with E-state index in [0.717, 1.165) is 50.7 Å². The number of fused-ring (bicyclic) bond motifs is 1. The molecule has 57 heavy (non-hydrogen) atoms. The van der Waals surface area contributed by atoms with Crippen LogP contribution in [0, 0.1) is 17.8 Å². The van der Waals surface area contributed by atoms with Gasteiger partial charge in [-0.25, -0.2) is 4.79 Å². The fraction of sp³-hybridized carbons (Fsp3) is 0.841. The topological polar surface area (TPSA) is 183 Å². The SMILES string of the molecule is C=C1[C@@H](O)[C@@H]2O[C@]3(CC[C@H](/C=C/[C@@H](C)[C@@H]4CC(C)=C[C@@]5(O[C@H](C[C@@](C)(O)C(=O)O)CC[C@H]5O)O4)O3)CC[C@H]2O[C@@H]1[C@@H](O)C[C@@H](C)[C@H]1O[C@@]2(CCCCO2)CC[C@H]1C. The van der Waals surface area contributed by atoms with Crippen LogP contribution in [0.3, 0.4) is 0 Å². The number of aliphatic hydroxyl groups excluding tert-OH is 3. The highest BCUT2D eigenvalue weighted by molar-refractivity contribution is 5.76. The molecule has 7 heterocycles. The van der Waals surface area contributed by atoms with Crippen molar-refractivity contribution in [1.82, 2.24) is 0 Å². The van der Waals surface area contributed by atoms with E-state index >= 15 is 0 Å². The van der Waals surface area contributed by atoms with Crippen molar-refractivity contribution in [3.8, 4) is 0 Å². The first-order chi connectivity index (χ1) is 26.9. The zero-order valence-electron chi connectivity index (χ0n) is 34.6. The Balaban J connectivity index is 0.920. The molecule has 6 saturated heterocycles. The molecule has 6 fully saturated rings. The van der Waals surface area contributed by atoms with Gasteiger partial charge in [0.2, 0.25) is 5.79 Å². The molecule has 0 aromatic carbocycles. The second-order valence-corrected chi connectivity index (χ2v) is 18.9. The second-order valence-electron chi connectivity index (χ2n) is 18.9. The highest BCUT2D eigenvalue weighted by Crippen LogP contribution is 2.47. The maximum Gasteiger partial charge on any atom is 0.335 e. The summed E-state index contributed by atoms with van der Waals surface area (Å²) in [4.78, 5) is 11.6. The minimum absolute atomic E-state index is 0.0423. The largest absolute Gasteiger partial charge is 0.479 e. The third-order valence-corrected chi connectivity index (χ3v) is 14.0. The molecule has 0 aromatic heterocycles. The van der Waals surface area contributed by atoms with E-state index in [1.165, 1.54) is 6.92 Å². The molecule has 13 nitrogen and oxygen atoms in total. The Labute approximate surface area is 337 Å². The van der Waals surface area contributed by atoms with Crippen LogP contribution in [0.2, 0.25) is 0 Å². The summed E-state index contributed by atoms with van der Waals surface area (Å²) in [6.07, 6.45) is 9.37. The molecule has 0 radical (unpaired) electrons. The molecule has 0 aliphatic carbocycles. The Morgan fingerprint density at radius 2 is 1.75 bits per heavy atom. The van der Waals surface area contributed by atoms with Crippen LogP contribution in [-0.2, 0) is 38.0 Å². The predicted octanol–water partition coefficient (Wildman–Crippen LogP) is 5.21. The third kappa shape index (κ3) is 9.15. The number of rotatable bonds is 10. The highest BCUT2D eigenvalue weighted by atomic mass is 16.7. The average Bonchev–Trinajstić information content (AvgIpc) is 3.56. The molecule has 322 valence electrons. The molecule has 0 amide bonds. The van der Waals surface area contributed by atoms with Gasteiger partial charge in [0.1, 0.15) is 24.4 Å². The minimum atomic E-state index is -1.96. The van der Waals surface area contributed by atoms with E-state index in [1.54, 1.807) is 6.08 Å². The van der Waals surface area contributed by atoms with Crippen molar-refractivity contribution in [3.63, 3.8) is 0 Å². The predicted molar refractivity (Wildman–Crippen MR) is 208 cm³/mol. The maximum atomic E-state index is 11.6. The van der Waals surface area contributed by atoms with E-state index in [0.29, 0.717) is 56.4 Å². The number of carboxylic acid groups (broad SMARTS) is 1. The van der Waals surface area contributed by atoms with Gasteiger partial charge in [-0.3, -0.25) is 0 Å². The molecule has 0 aromatic rings. The van der Waals surface area contributed by atoms with Crippen molar-refractivity contribution in [2.75, 3.05) is 6.61 Å². The summed E-state index contributed by atoms with van der Waals surface area (Å²) in [5.41, 5.74) is -0.551. The van der Waals surface area contributed by atoms with E-state index < -0.39 is 71.7 Å².